The highest BCUT2D eigenvalue weighted by Gasteiger charge is 2.75. The van der Waals surface area contributed by atoms with Crippen molar-refractivity contribution in [2.75, 3.05) is 19.8 Å². The molecular formula is C16H12F14O6. The molecule has 0 fully saturated rings. The van der Waals surface area contributed by atoms with Crippen LogP contribution in [0.15, 0.2) is 12.2 Å². The van der Waals surface area contributed by atoms with Gasteiger partial charge in [0.2, 0.25) is 0 Å². The fourth-order valence-electron chi connectivity index (χ4n) is 1.85. The van der Waals surface area contributed by atoms with Gasteiger partial charge in [0.05, 0.1) is 12.3 Å². The smallest absolute Gasteiger partial charge is 0.422 e. The van der Waals surface area contributed by atoms with Crippen molar-refractivity contribution in [3.63, 3.8) is 0 Å². The molecular weight excluding hydrogens is 554 g/mol. The monoisotopic (exact) mass is 566 g/mol. The highest BCUT2D eigenvalue weighted by molar-refractivity contribution is 5.96. The van der Waals surface area contributed by atoms with E-state index in [9.17, 15) is 75.8 Å². The molecule has 0 saturated carbocycles. The zero-order chi connectivity index (χ0) is 28.9. The van der Waals surface area contributed by atoms with Crippen LogP contribution in [0.25, 0.3) is 0 Å². The molecule has 1 atom stereocenters. The summed E-state index contributed by atoms with van der Waals surface area (Å²) in [4.78, 5) is 35.0. The fourth-order valence-corrected chi connectivity index (χ4v) is 1.85. The Hall–Kier alpha value is -2.83. The van der Waals surface area contributed by atoms with Crippen LogP contribution >= 0.6 is 0 Å². The molecule has 0 amide bonds. The summed E-state index contributed by atoms with van der Waals surface area (Å²) >= 11 is 0. The maximum Gasteiger partial charge on any atom is 0.422 e. The quantitative estimate of drug-likeness (QED) is 0.150. The maximum absolute atomic E-state index is 13.5. The van der Waals surface area contributed by atoms with Crippen LogP contribution in [-0.2, 0) is 28.6 Å². The van der Waals surface area contributed by atoms with E-state index in [1.807, 2.05) is 0 Å². The van der Waals surface area contributed by atoms with Crippen LogP contribution in [0.5, 0.6) is 0 Å². The predicted octanol–water partition coefficient (Wildman–Crippen LogP) is 4.47. The van der Waals surface area contributed by atoms with Crippen LogP contribution in [0.4, 0.5) is 61.5 Å². The van der Waals surface area contributed by atoms with Crippen LogP contribution in [0, 0.1) is 5.92 Å². The zero-order valence-corrected chi connectivity index (χ0v) is 16.9. The summed E-state index contributed by atoms with van der Waals surface area (Å²) in [5.41, 5.74) is -1.58. The van der Waals surface area contributed by atoms with E-state index in [2.05, 4.69) is 20.8 Å². The van der Waals surface area contributed by atoms with Crippen LogP contribution in [0.2, 0.25) is 0 Å². The van der Waals surface area contributed by atoms with Crippen LogP contribution in [0.3, 0.4) is 0 Å². The number of halogens is 14. The number of rotatable bonds is 12. The first-order valence-corrected chi connectivity index (χ1v) is 8.59. The zero-order valence-electron chi connectivity index (χ0n) is 16.9. The minimum Gasteiger partial charge on any atom is -0.459 e. The van der Waals surface area contributed by atoms with E-state index in [1.54, 1.807) is 0 Å². The highest BCUT2D eigenvalue weighted by Crippen LogP contribution is 2.48. The number of esters is 3. The van der Waals surface area contributed by atoms with Crippen LogP contribution in [0.1, 0.15) is 6.42 Å². The predicted molar refractivity (Wildman–Crippen MR) is 83.1 cm³/mol. The van der Waals surface area contributed by atoms with Crippen LogP contribution in [-0.4, -0.2) is 74.3 Å². The second-order valence-electron chi connectivity index (χ2n) is 6.56. The number of hydrogen-bond acceptors (Lipinski definition) is 6. The summed E-state index contributed by atoms with van der Waals surface area (Å²) in [5.74, 6) is -29.4. The van der Waals surface area contributed by atoms with Gasteiger partial charge in [-0.2, -0.15) is 52.7 Å². The Bertz CT molecular complexity index is 817. The fraction of sp³-hybridized carbons (Fsp3) is 0.688. The molecule has 0 aromatic carbocycles. The van der Waals surface area contributed by atoms with E-state index < -0.39 is 92.2 Å². The second kappa shape index (κ2) is 11.5. The topological polar surface area (TPSA) is 78.9 Å². The lowest BCUT2D eigenvalue weighted by Crippen LogP contribution is -2.59. The summed E-state index contributed by atoms with van der Waals surface area (Å²) in [6, 6.07) is 0. The lowest BCUT2D eigenvalue weighted by Gasteiger charge is -2.32. The molecule has 0 rings (SSSR count). The number of ether oxygens (including phenoxy) is 3. The van der Waals surface area contributed by atoms with Gasteiger partial charge in [-0.25, -0.2) is 13.6 Å². The van der Waals surface area contributed by atoms with Crippen molar-refractivity contribution in [1.82, 2.24) is 0 Å². The van der Waals surface area contributed by atoms with Gasteiger partial charge in [-0.05, 0) is 0 Å². The SMILES string of the molecule is C=C(C(=O)OCC(F)(F)F)C(CC(=O)OCC(F)(F)F)C(=O)OCC(F)(F)C(F)(F)C(F)(F)C(F)F. The first-order chi connectivity index (χ1) is 15.9. The summed E-state index contributed by atoms with van der Waals surface area (Å²) in [5, 5.41) is 0. The van der Waals surface area contributed by atoms with E-state index in [0.29, 0.717) is 0 Å². The molecule has 0 N–H and O–H groups in total. The molecule has 0 radical (unpaired) electrons. The average molecular weight is 566 g/mol. The third-order valence-corrected chi connectivity index (χ3v) is 3.65. The molecule has 0 heterocycles. The van der Waals surface area contributed by atoms with Gasteiger partial charge >= 0.3 is 54.5 Å². The molecule has 0 bridgehead atoms. The van der Waals surface area contributed by atoms with Crippen molar-refractivity contribution in [3.8, 4) is 0 Å². The summed E-state index contributed by atoms with van der Waals surface area (Å²) in [6.45, 7) is -5.15. The molecule has 20 heteroatoms. The molecule has 0 aliphatic heterocycles. The molecule has 0 spiro atoms. The van der Waals surface area contributed by atoms with E-state index in [-0.39, 0.29) is 0 Å². The van der Waals surface area contributed by atoms with Gasteiger partial charge in [-0.15, -0.1) is 0 Å². The van der Waals surface area contributed by atoms with E-state index in [0.717, 1.165) is 0 Å². The third-order valence-electron chi connectivity index (χ3n) is 3.65. The van der Waals surface area contributed by atoms with E-state index in [1.165, 1.54) is 0 Å². The van der Waals surface area contributed by atoms with Crippen molar-refractivity contribution in [2.45, 2.75) is 43.0 Å². The van der Waals surface area contributed by atoms with Crippen molar-refractivity contribution >= 4 is 17.9 Å². The van der Waals surface area contributed by atoms with Gasteiger partial charge < -0.3 is 14.2 Å². The highest BCUT2D eigenvalue weighted by atomic mass is 19.4. The Morgan fingerprint density at radius 2 is 1.14 bits per heavy atom. The lowest BCUT2D eigenvalue weighted by molar-refractivity contribution is -0.344. The Morgan fingerprint density at radius 3 is 1.56 bits per heavy atom. The van der Waals surface area contributed by atoms with Crippen LogP contribution < -0.4 is 0 Å². The minimum atomic E-state index is -6.86. The molecule has 0 aliphatic rings. The van der Waals surface area contributed by atoms with Gasteiger partial charge in [-0.3, -0.25) is 9.59 Å². The van der Waals surface area contributed by atoms with Gasteiger partial charge in [0.15, 0.2) is 19.8 Å². The Morgan fingerprint density at radius 1 is 0.694 bits per heavy atom. The Balaban J connectivity index is 5.75. The molecule has 0 aliphatic carbocycles. The second-order valence-corrected chi connectivity index (χ2v) is 6.56. The summed E-state index contributed by atoms with van der Waals surface area (Å²) < 4.78 is 187. The largest absolute Gasteiger partial charge is 0.459 e. The molecule has 0 aromatic rings. The minimum absolute atomic E-state index is 1.58. The molecule has 210 valence electrons. The molecule has 36 heavy (non-hydrogen) atoms. The number of carbonyl (C=O) groups excluding carboxylic acids is 3. The number of carbonyl (C=O) groups is 3. The van der Waals surface area contributed by atoms with E-state index in [4.69, 9.17) is 0 Å². The standard InChI is InChI=1S/C16H12F14O6/c1-6(9(32)36-5-14(24,25)26)7(2-8(31)34-4-13(21,22)23)10(33)35-3-12(19,20)16(29,30)15(27,28)11(17)18/h7,11H,1-5H2. The summed E-state index contributed by atoms with van der Waals surface area (Å²) in [6.07, 6.45) is -17.5. The van der Waals surface area contributed by atoms with Crippen molar-refractivity contribution < 1.29 is 90.1 Å². The normalized spacial score (nSPS) is 14.3. The van der Waals surface area contributed by atoms with Gasteiger partial charge in [0, 0.05) is 5.57 Å². The Labute approximate surface area is 190 Å². The van der Waals surface area contributed by atoms with Crippen molar-refractivity contribution in [1.29, 1.82) is 0 Å². The van der Waals surface area contributed by atoms with Gasteiger partial charge in [0.1, 0.15) is 0 Å². The van der Waals surface area contributed by atoms with Gasteiger partial charge in [-0.1, -0.05) is 6.58 Å². The third kappa shape index (κ3) is 9.32. The molecule has 0 aromatic heterocycles. The first kappa shape index (κ1) is 33.2. The van der Waals surface area contributed by atoms with E-state index >= 15 is 0 Å². The molecule has 1 unspecified atom stereocenters. The lowest BCUT2D eigenvalue weighted by atomic mass is 9.96. The first-order valence-electron chi connectivity index (χ1n) is 8.59. The average Bonchev–Trinajstić information content (AvgIpc) is 2.70. The number of hydrogen-bond donors (Lipinski definition) is 0. The van der Waals surface area contributed by atoms with Crippen molar-refractivity contribution in [2.24, 2.45) is 5.92 Å². The van der Waals surface area contributed by atoms with Crippen molar-refractivity contribution in [3.05, 3.63) is 12.2 Å². The maximum atomic E-state index is 13.5. The number of alkyl halides is 14. The summed E-state index contributed by atoms with van der Waals surface area (Å²) in [7, 11) is 0. The molecule has 0 saturated heterocycles. The Kier molecular flexibility index (Phi) is 10.6. The molecule has 6 nitrogen and oxygen atoms in total. The van der Waals surface area contributed by atoms with Gasteiger partial charge in [0.25, 0.3) is 0 Å².